The van der Waals surface area contributed by atoms with Gasteiger partial charge in [-0.25, -0.2) is 0 Å². The van der Waals surface area contributed by atoms with Crippen molar-refractivity contribution in [1.29, 1.82) is 0 Å². The number of aliphatic hydroxyl groups excluding tert-OH is 1. The van der Waals surface area contributed by atoms with Gasteiger partial charge in [0.05, 0.1) is 6.10 Å². The van der Waals surface area contributed by atoms with Gasteiger partial charge in [0, 0.05) is 37.4 Å². The number of guanidine groups is 1. The van der Waals surface area contributed by atoms with Crippen molar-refractivity contribution < 1.29 is 5.11 Å². The van der Waals surface area contributed by atoms with Crippen LogP contribution in [-0.2, 0) is 0 Å². The Morgan fingerprint density at radius 2 is 2.08 bits per heavy atom. The van der Waals surface area contributed by atoms with Crippen molar-refractivity contribution in [3.05, 3.63) is 30.1 Å². The van der Waals surface area contributed by atoms with Crippen LogP contribution in [0.2, 0.25) is 0 Å². The van der Waals surface area contributed by atoms with Crippen LogP contribution in [0.3, 0.4) is 0 Å². The zero-order valence-electron chi connectivity index (χ0n) is 15.2. The highest BCUT2D eigenvalue weighted by molar-refractivity contribution is 5.80. The molecule has 0 saturated heterocycles. The monoisotopic (exact) mass is 332 g/mol. The second-order valence-electron chi connectivity index (χ2n) is 7.01. The summed E-state index contributed by atoms with van der Waals surface area (Å²) in [5, 5.41) is 16.5. The summed E-state index contributed by atoms with van der Waals surface area (Å²) in [6.45, 7) is 8.14. The van der Waals surface area contributed by atoms with Crippen LogP contribution in [0.25, 0.3) is 0 Å². The van der Waals surface area contributed by atoms with Crippen LogP contribution >= 0.6 is 0 Å². The van der Waals surface area contributed by atoms with Crippen molar-refractivity contribution in [3.63, 3.8) is 0 Å². The minimum atomic E-state index is -0.126. The van der Waals surface area contributed by atoms with Crippen LogP contribution in [0.4, 0.5) is 0 Å². The van der Waals surface area contributed by atoms with Crippen molar-refractivity contribution in [2.75, 3.05) is 13.1 Å². The molecule has 1 unspecified atom stereocenters. The van der Waals surface area contributed by atoms with E-state index >= 15 is 0 Å². The number of nitrogens with zero attached hydrogens (tertiary/aromatic N) is 2. The fourth-order valence-corrected chi connectivity index (χ4v) is 3.22. The molecule has 3 N–H and O–H groups in total. The van der Waals surface area contributed by atoms with Gasteiger partial charge < -0.3 is 15.7 Å². The Bertz CT molecular complexity index is 495. The zero-order valence-corrected chi connectivity index (χ0v) is 15.2. The quantitative estimate of drug-likeness (QED) is 0.553. The molecule has 5 heteroatoms. The third-order valence-electron chi connectivity index (χ3n) is 4.75. The van der Waals surface area contributed by atoms with Crippen molar-refractivity contribution in [2.24, 2.45) is 10.9 Å². The average Bonchev–Trinajstić information content (AvgIpc) is 2.58. The molecule has 1 saturated carbocycles. The number of aromatic nitrogens is 1. The van der Waals surface area contributed by atoms with E-state index in [0.717, 1.165) is 44.7 Å². The summed E-state index contributed by atoms with van der Waals surface area (Å²) in [4.78, 5) is 9.08. The Balaban J connectivity index is 2.00. The number of nitrogens with one attached hydrogen (secondary N) is 2. The van der Waals surface area contributed by atoms with E-state index in [-0.39, 0.29) is 6.10 Å². The largest absolute Gasteiger partial charge is 0.393 e. The van der Waals surface area contributed by atoms with Crippen molar-refractivity contribution >= 4 is 5.96 Å². The summed E-state index contributed by atoms with van der Waals surface area (Å²) in [5.41, 5.74) is 1.24. The third kappa shape index (κ3) is 5.78. The lowest BCUT2D eigenvalue weighted by molar-refractivity contribution is 0.120. The topological polar surface area (TPSA) is 69.5 Å². The Morgan fingerprint density at radius 1 is 1.33 bits per heavy atom. The van der Waals surface area contributed by atoms with E-state index in [4.69, 9.17) is 4.99 Å². The first kappa shape index (κ1) is 18.7. The molecular weight excluding hydrogens is 300 g/mol. The zero-order chi connectivity index (χ0) is 17.4. The van der Waals surface area contributed by atoms with Gasteiger partial charge in [0.15, 0.2) is 5.96 Å². The lowest BCUT2D eigenvalue weighted by atomic mass is 9.89. The Labute approximate surface area is 146 Å². The first-order valence-electron chi connectivity index (χ1n) is 9.23. The maximum absolute atomic E-state index is 9.65. The van der Waals surface area contributed by atoms with Gasteiger partial charge in [-0.2, -0.15) is 0 Å². The number of pyridine rings is 1. The highest BCUT2D eigenvalue weighted by atomic mass is 16.3. The van der Waals surface area contributed by atoms with E-state index in [2.05, 4.69) is 42.5 Å². The maximum atomic E-state index is 9.65. The fourth-order valence-electron chi connectivity index (χ4n) is 3.22. The molecular formula is C19H32N4O. The van der Waals surface area contributed by atoms with Gasteiger partial charge in [0.1, 0.15) is 0 Å². The number of rotatable bonds is 6. The molecule has 0 amide bonds. The molecule has 134 valence electrons. The van der Waals surface area contributed by atoms with Gasteiger partial charge in [0.25, 0.3) is 0 Å². The molecule has 2 rings (SSSR count). The molecule has 5 nitrogen and oxygen atoms in total. The molecule has 1 fully saturated rings. The summed E-state index contributed by atoms with van der Waals surface area (Å²) < 4.78 is 0. The molecule has 0 radical (unpaired) electrons. The Hall–Kier alpha value is -1.62. The minimum absolute atomic E-state index is 0.126. The van der Waals surface area contributed by atoms with Gasteiger partial charge in [0.2, 0.25) is 0 Å². The number of aliphatic imine (C=N–C) groups is 1. The normalized spacial score (nSPS) is 23.1. The molecule has 1 aromatic rings. The predicted octanol–water partition coefficient (Wildman–Crippen LogP) is 2.68. The first-order chi connectivity index (χ1) is 11.6. The van der Waals surface area contributed by atoms with Gasteiger partial charge >= 0.3 is 0 Å². The molecule has 0 aromatic carbocycles. The van der Waals surface area contributed by atoms with Crippen LogP contribution in [0.15, 0.2) is 29.5 Å². The molecule has 1 atom stereocenters. The Morgan fingerprint density at radius 3 is 2.67 bits per heavy atom. The highest BCUT2D eigenvalue weighted by Crippen LogP contribution is 2.24. The standard InChI is InChI=1S/C19H32N4O/c1-4-21-19(23-16-7-9-17(24)10-8-16)22-13-18(14(2)3)15-6-5-11-20-12-15/h5-6,11-12,14,16-18,24H,4,7-10,13H2,1-3H3,(H2,21,22,23). The summed E-state index contributed by atoms with van der Waals surface area (Å²) in [6, 6.07) is 4.53. The maximum Gasteiger partial charge on any atom is 0.191 e. The molecule has 0 aliphatic heterocycles. The van der Waals surface area contributed by atoms with Gasteiger partial charge in [-0.15, -0.1) is 0 Å². The smallest absolute Gasteiger partial charge is 0.191 e. The Kier molecular flexibility index (Phi) is 7.50. The lowest BCUT2D eigenvalue weighted by Crippen LogP contribution is -2.45. The van der Waals surface area contributed by atoms with Gasteiger partial charge in [-0.05, 0) is 50.2 Å². The van der Waals surface area contributed by atoms with Crippen LogP contribution in [0, 0.1) is 5.92 Å². The SMILES string of the molecule is CCNC(=NCC(c1cccnc1)C(C)C)NC1CCC(O)CC1. The minimum Gasteiger partial charge on any atom is -0.393 e. The second-order valence-corrected chi connectivity index (χ2v) is 7.01. The molecule has 24 heavy (non-hydrogen) atoms. The van der Waals surface area contributed by atoms with E-state index in [9.17, 15) is 5.11 Å². The average molecular weight is 332 g/mol. The van der Waals surface area contributed by atoms with Crippen LogP contribution in [0.1, 0.15) is 57.9 Å². The van der Waals surface area contributed by atoms with Crippen molar-refractivity contribution in [3.8, 4) is 0 Å². The molecule has 1 heterocycles. The van der Waals surface area contributed by atoms with Gasteiger partial charge in [-0.1, -0.05) is 19.9 Å². The highest BCUT2D eigenvalue weighted by Gasteiger charge is 2.21. The molecule has 0 spiro atoms. The summed E-state index contributed by atoms with van der Waals surface area (Å²) in [5.74, 6) is 1.75. The van der Waals surface area contributed by atoms with Crippen LogP contribution in [-0.4, -0.2) is 41.3 Å². The predicted molar refractivity (Wildman–Crippen MR) is 99.2 cm³/mol. The number of hydrogen-bond donors (Lipinski definition) is 3. The van der Waals surface area contributed by atoms with E-state index in [1.54, 1.807) is 0 Å². The van der Waals surface area contributed by atoms with E-state index in [1.807, 2.05) is 18.5 Å². The van der Waals surface area contributed by atoms with Gasteiger partial charge in [-0.3, -0.25) is 9.98 Å². The second kappa shape index (κ2) is 9.62. The fraction of sp³-hybridized carbons (Fsp3) is 0.684. The molecule has 1 aliphatic carbocycles. The van der Waals surface area contributed by atoms with E-state index in [0.29, 0.717) is 17.9 Å². The van der Waals surface area contributed by atoms with E-state index in [1.165, 1.54) is 5.56 Å². The number of aliphatic hydroxyl groups is 1. The first-order valence-corrected chi connectivity index (χ1v) is 9.23. The third-order valence-corrected chi connectivity index (χ3v) is 4.75. The molecule has 1 aromatic heterocycles. The lowest BCUT2D eigenvalue weighted by Gasteiger charge is -2.28. The summed E-state index contributed by atoms with van der Waals surface area (Å²) in [7, 11) is 0. The summed E-state index contributed by atoms with van der Waals surface area (Å²) >= 11 is 0. The molecule has 0 bridgehead atoms. The van der Waals surface area contributed by atoms with Crippen molar-refractivity contribution in [1.82, 2.24) is 15.6 Å². The van der Waals surface area contributed by atoms with Crippen molar-refractivity contribution in [2.45, 2.75) is 64.5 Å². The molecule has 1 aliphatic rings. The van der Waals surface area contributed by atoms with Crippen LogP contribution in [0.5, 0.6) is 0 Å². The van der Waals surface area contributed by atoms with E-state index < -0.39 is 0 Å². The van der Waals surface area contributed by atoms with Crippen LogP contribution < -0.4 is 10.6 Å². The summed E-state index contributed by atoms with van der Waals surface area (Å²) in [6.07, 6.45) is 7.39. The number of hydrogen-bond acceptors (Lipinski definition) is 3.